The highest BCUT2D eigenvalue weighted by Gasteiger charge is 2.13. The number of sulfonamides is 1. The van der Waals surface area contributed by atoms with Crippen molar-refractivity contribution in [2.75, 3.05) is 19.0 Å². The lowest BCUT2D eigenvalue weighted by molar-refractivity contribution is 0.580. The smallest absolute Gasteiger partial charge is 0.240 e. The van der Waals surface area contributed by atoms with Gasteiger partial charge in [-0.05, 0) is 42.0 Å². The van der Waals surface area contributed by atoms with E-state index in [1.807, 2.05) is 43.3 Å². The molecule has 0 aromatic heterocycles. The van der Waals surface area contributed by atoms with Crippen LogP contribution in [0.4, 0.5) is 10.1 Å². The fourth-order valence-corrected chi connectivity index (χ4v) is 2.81. The van der Waals surface area contributed by atoms with E-state index < -0.39 is 15.8 Å². The summed E-state index contributed by atoms with van der Waals surface area (Å²) in [6, 6.07) is 12.3. The van der Waals surface area contributed by atoms with Crippen LogP contribution in [-0.2, 0) is 16.6 Å². The molecule has 1 N–H and O–H groups in total. The second-order valence-corrected chi connectivity index (χ2v) is 6.61. The Morgan fingerprint density at radius 2 is 1.57 bits per heavy atom. The Labute approximate surface area is 124 Å². The third-order valence-electron chi connectivity index (χ3n) is 3.04. The first kappa shape index (κ1) is 15.5. The minimum atomic E-state index is -3.63. The number of anilines is 1. The normalized spacial score (nSPS) is 11.4. The maximum atomic E-state index is 12.8. The Bertz CT molecular complexity index is 695. The predicted octanol–water partition coefficient (Wildman–Crippen LogP) is 2.37. The van der Waals surface area contributed by atoms with Gasteiger partial charge in [-0.1, -0.05) is 12.1 Å². The molecule has 0 bridgehead atoms. The average Bonchev–Trinajstić information content (AvgIpc) is 2.46. The van der Waals surface area contributed by atoms with Gasteiger partial charge in [-0.15, -0.1) is 0 Å². The highest BCUT2D eigenvalue weighted by Crippen LogP contribution is 2.14. The van der Waals surface area contributed by atoms with Gasteiger partial charge in [-0.25, -0.2) is 17.5 Å². The van der Waals surface area contributed by atoms with Crippen LogP contribution >= 0.6 is 0 Å². The third kappa shape index (κ3) is 4.03. The minimum Gasteiger partial charge on any atom is -0.378 e. The summed E-state index contributed by atoms with van der Waals surface area (Å²) in [5.74, 6) is -0.465. The van der Waals surface area contributed by atoms with Crippen LogP contribution in [0.25, 0.3) is 0 Å². The lowest BCUT2D eigenvalue weighted by atomic mass is 10.2. The van der Waals surface area contributed by atoms with Crippen molar-refractivity contribution in [2.45, 2.75) is 11.4 Å². The van der Waals surface area contributed by atoms with Gasteiger partial charge in [0.2, 0.25) is 10.0 Å². The van der Waals surface area contributed by atoms with Gasteiger partial charge in [-0.3, -0.25) is 0 Å². The van der Waals surface area contributed by atoms with Crippen LogP contribution in [0, 0.1) is 5.82 Å². The fraction of sp³-hybridized carbons (Fsp3) is 0.200. The first-order valence-electron chi connectivity index (χ1n) is 6.40. The van der Waals surface area contributed by atoms with Crippen LogP contribution in [0.2, 0.25) is 0 Å². The summed E-state index contributed by atoms with van der Waals surface area (Å²) in [5, 5.41) is 0. The molecule has 6 heteroatoms. The van der Waals surface area contributed by atoms with E-state index in [9.17, 15) is 12.8 Å². The molecule has 0 amide bonds. The van der Waals surface area contributed by atoms with Crippen molar-refractivity contribution in [3.63, 3.8) is 0 Å². The number of benzene rings is 2. The Morgan fingerprint density at radius 3 is 2.10 bits per heavy atom. The maximum absolute atomic E-state index is 12.8. The van der Waals surface area contributed by atoms with Crippen molar-refractivity contribution in [1.29, 1.82) is 0 Å². The summed E-state index contributed by atoms with van der Waals surface area (Å²) >= 11 is 0. The highest BCUT2D eigenvalue weighted by atomic mass is 32.2. The Balaban J connectivity index is 2.06. The van der Waals surface area contributed by atoms with Gasteiger partial charge >= 0.3 is 0 Å². The molecule has 0 atom stereocenters. The number of rotatable bonds is 5. The van der Waals surface area contributed by atoms with Gasteiger partial charge in [0.1, 0.15) is 5.82 Å². The summed E-state index contributed by atoms with van der Waals surface area (Å²) in [5.41, 5.74) is 1.89. The fourth-order valence-electron chi connectivity index (χ4n) is 1.79. The van der Waals surface area contributed by atoms with Crippen LogP contribution in [0.1, 0.15) is 5.56 Å². The molecule has 2 rings (SSSR count). The second-order valence-electron chi connectivity index (χ2n) is 4.84. The SMILES string of the molecule is CN(C)c1ccc(CNS(=O)(=O)c2ccc(F)cc2)cc1. The molecule has 0 saturated carbocycles. The Hall–Kier alpha value is -1.92. The van der Waals surface area contributed by atoms with E-state index in [4.69, 9.17) is 0 Å². The van der Waals surface area contributed by atoms with Crippen LogP contribution in [0.5, 0.6) is 0 Å². The molecule has 0 saturated heterocycles. The summed E-state index contributed by atoms with van der Waals surface area (Å²) in [6.07, 6.45) is 0. The molecular formula is C15H17FN2O2S. The molecule has 0 heterocycles. The molecule has 0 fully saturated rings. The van der Waals surface area contributed by atoms with Gasteiger partial charge in [0, 0.05) is 26.3 Å². The van der Waals surface area contributed by atoms with Crippen molar-refractivity contribution >= 4 is 15.7 Å². The Morgan fingerprint density at radius 1 is 1.00 bits per heavy atom. The molecule has 0 aliphatic carbocycles. The van der Waals surface area contributed by atoms with E-state index in [1.54, 1.807) is 0 Å². The maximum Gasteiger partial charge on any atom is 0.240 e. The average molecular weight is 308 g/mol. The monoisotopic (exact) mass is 308 g/mol. The van der Waals surface area contributed by atoms with Gasteiger partial charge < -0.3 is 4.90 Å². The molecule has 0 aliphatic rings. The largest absolute Gasteiger partial charge is 0.378 e. The first-order valence-corrected chi connectivity index (χ1v) is 7.88. The van der Waals surface area contributed by atoms with Gasteiger partial charge in [0.05, 0.1) is 4.90 Å². The molecular weight excluding hydrogens is 291 g/mol. The summed E-state index contributed by atoms with van der Waals surface area (Å²) < 4.78 is 39.4. The molecule has 112 valence electrons. The number of halogens is 1. The van der Waals surface area contributed by atoms with Crippen molar-refractivity contribution in [3.05, 3.63) is 59.9 Å². The van der Waals surface area contributed by atoms with Crippen LogP contribution in [-0.4, -0.2) is 22.5 Å². The molecule has 21 heavy (non-hydrogen) atoms. The number of nitrogens with one attached hydrogen (secondary N) is 1. The topological polar surface area (TPSA) is 49.4 Å². The van der Waals surface area contributed by atoms with E-state index in [0.29, 0.717) is 0 Å². The zero-order valence-electron chi connectivity index (χ0n) is 11.9. The van der Waals surface area contributed by atoms with Crippen LogP contribution in [0.3, 0.4) is 0 Å². The molecule has 0 spiro atoms. The molecule has 0 radical (unpaired) electrons. The van der Waals surface area contributed by atoms with E-state index in [1.165, 1.54) is 12.1 Å². The summed E-state index contributed by atoms with van der Waals surface area (Å²) in [7, 11) is 0.245. The number of nitrogens with zero attached hydrogens (tertiary/aromatic N) is 1. The van der Waals surface area contributed by atoms with E-state index in [0.717, 1.165) is 23.4 Å². The van der Waals surface area contributed by atoms with Crippen molar-refractivity contribution in [3.8, 4) is 0 Å². The van der Waals surface area contributed by atoms with E-state index >= 15 is 0 Å². The number of hydrogen-bond acceptors (Lipinski definition) is 3. The highest BCUT2D eigenvalue weighted by molar-refractivity contribution is 7.89. The minimum absolute atomic E-state index is 0.0498. The predicted molar refractivity (Wildman–Crippen MR) is 81.2 cm³/mol. The third-order valence-corrected chi connectivity index (χ3v) is 4.46. The first-order chi connectivity index (χ1) is 9.88. The lowest BCUT2D eigenvalue weighted by Crippen LogP contribution is -2.23. The second kappa shape index (κ2) is 6.24. The van der Waals surface area contributed by atoms with Gasteiger partial charge in [-0.2, -0.15) is 0 Å². The van der Waals surface area contributed by atoms with Gasteiger partial charge in [0.25, 0.3) is 0 Å². The molecule has 2 aromatic rings. The standard InChI is InChI=1S/C15H17FN2O2S/c1-18(2)14-7-3-12(4-8-14)11-17-21(19,20)15-9-5-13(16)6-10-15/h3-10,17H,11H2,1-2H3. The van der Waals surface area contributed by atoms with E-state index in [2.05, 4.69) is 4.72 Å². The van der Waals surface area contributed by atoms with Crippen LogP contribution < -0.4 is 9.62 Å². The van der Waals surface area contributed by atoms with Crippen LogP contribution in [0.15, 0.2) is 53.4 Å². The molecule has 4 nitrogen and oxygen atoms in total. The zero-order chi connectivity index (χ0) is 15.5. The quantitative estimate of drug-likeness (QED) is 0.922. The Kier molecular flexibility index (Phi) is 4.59. The van der Waals surface area contributed by atoms with Gasteiger partial charge in [0.15, 0.2) is 0 Å². The van der Waals surface area contributed by atoms with Crippen molar-refractivity contribution in [2.24, 2.45) is 0 Å². The summed E-state index contributed by atoms with van der Waals surface area (Å²) in [6.45, 7) is 0.188. The van der Waals surface area contributed by atoms with Crippen molar-refractivity contribution < 1.29 is 12.8 Å². The molecule has 0 aliphatic heterocycles. The number of hydrogen-bond donors (Lipinski definition) is 1. The zero-order valence-corrected chi connectivity index (χ0v) is 12.7. The lowest BCUT2D eigenvalue weighted by Gasteiger charge is -2.13. The van der Waals surface area contributed by atoms with E-state index in [-0.39, 0.29) is 11.4 Å². The summed E-state index contributed by atoms with van der Waals surface area (Å²) in [4.78, 5) is 2.01. The van der Waals surface area contributed by atoms with Crippen molar-refractivity contribution in [1.82, 2.24) is 4.72 Å². The molecule has 0 unspecified atom stereocenters. The molecule has 2 aromatic carbocycles.